The number of aromatic nitrogens is 2. The Kier molecular flexibility index (Phi) is 6.88. The Balaban J connectivity index is 1.33. The molecule has 5 rings (SSSR count). The average molecular weight is 492 g/mol. The molecule has 0 aliphatic carbocycles. The van der Waals surface area contributed by atoms with Crippen molar-refractivity contribution in [2.24, 2.45) is 0 Å². The summed E-state index contributed by atoms with van der Waals surface area (Å²) < 4.78 is 0. The molecule has 1 spiro atoms. The van der Waals surface area contributed by atoms with Crippen LogP contribution in [0.2, 0.25) is 5.02 Å². The smallest absolute Gasteiger partial charge is 0.246 e. The van der Waals surface area contributed by atoms with Gasteiger partial charge in [-0.05, 0) is 36.1 Å². The lowest BCUT2D eigenvalue weighted by molar-refractivity contribution is -0.161. The molecule has 2 saturated heterocycles. The molecule has 2 aliphatic rings. The number of halogens is 1. The molecule has 1 unspecified atom stereocenters. The number of piperidine rings is 1. The molecule has 0 saturated carbocycles. The summed E-state index contributed by atoms with van der Waals surface area (Å²) in [5, 5.41) is 3.81. The monoisotopic (exact) mass is 491 g/mol. The molecule has 2 aliphatic heterocycles. The Morgan fingerprint density at radius 1 is 1.00 bits per heavy atom. The fraction of sp³-hybridized carbons (Fsp3) is 0.370. The van der Waals surface area contributed by atoms with E-state index in [1.54, 1.807) is 12.5 Å². The number of imidazole rings is 1. The highest BCUT2D eigenvalue weighted by Gasteiger charge is 2.53. The maximum Gasteiger partial charge on any atom is 0.246 e. The number of hydrogen-bond acceptors (Lipinski definition) is 4. The molecule has 7 nitrogen and oxygen atoms in total. The normalized spacial score (nSPS) is 20.3. The van der Waals surface area contributed by atoms with Crippen LogP contribution in [0.15, 0.2) is 67.1 Å². The first-order valence-electron chi connectivity index (χ1n) is 12.1. The summed E-state index contributed by atoms with van der Waals surface area (Å²) >= 11 is 6.03. The van der Waals surface area contributed by atoms with Crippen LogP contribution in [-0.2, 0) is 29.0 Å². The number of carbonyl (C=O) groups excluding carboxylic acids is 2. The molecule has 182 valence electrons. The first kappa shape index (κ1) is 23.6. The van der Waals surface area contributed by atoms with E-state index in [0.717, 1.165) is 35.9 Å². The van der Waals surface area contributed by atoms with Crippen molar-refractivity contribution in [1.29, 1.82) is 0 Å². The second kappa shape index (κ2) is 10.2. The highest BCUT2D eigenvalue weighted by atomic mass is 35.5. The summed E-state index contributed by atoms with van der Waals surface area (Å²) in [6.07, 6.45) is 5.76. The minimum absolute atomic E-state index is 0.000815. The number of nitrogens with zero attached hydrogens (tertiary/aromatic N) is 3. The van der Waals surface area contributed by atoms with E-state index in [1.165, 1.54) is 5.56 Å². The fourth-order valence-electron chi connectivity index (χ4n) is 5.27. The molecule has 8 heteroatoms. The van der Waals surface area contributed by atoms with Gasteiger partial charge >= 0.3 is 0 Å². The summed E-state index contributed by atoms with van der Waals surface area (Å²) in [5.74, 6) is -0.0343. The van der Waals surface area contributed by atoms with Crippen LogP contribution < -0.4 is 5.32 Å². The molecule has 2 amide bonds. The SMILES string of the molecule is O=C1C(Cc2ccccc2)NC(=O)C2(CCN(Cc3ccc(Cl)cc3)CC2)N1CCc1cnc[nH]1. The number of aromatic amines is 1. The van der Waals surface area contributed by atoms with E-state index in [-0.39, 0.29) is 11.8 Å². The lowest BCUT2D eigenvalue weighted by Crippen LogP contribution is -2.73. The lowest BCUT2D eigenvalue weighted by Gasteiger charge is -2.51. The third kappa shape index (κ3) is 5.11. The number of benzene rings is 2. The third-order valence-electron chi connectivity index (χ3n) is 7.25. The molecule has 0 bridgehead atoms. The first-order valence-corrected chi connectivity index (χ1v) is 12.5. The van der Waals surface area contributed by atoms with E-state index in [4.69, 9.17) is 11.6 Å². The van der Waals surface area contributed by atoms with Gasteiger partial charge in [0.2, 0.25) is 11.8 Å². The van der Waals surface area contributed by atoms with Crippen molar-refractivity contribution in [1.82, 2.24) is 25.1 Å². The van der Waals surface area contributed by atoms with Crippen molar-refractivity contribution < 1.29 is 9.59 Å². The molecule has 0 radical (unpaired) electrons. The predicted octanol–water partition coefficient (Wildman–Crippen LogP) is 3.21. The molecule has 2 N–H and O–H groups in total. The standard InChI is InChI=1S/C27H30ClN5O2/c28-22-8-6-21(7-9-22)18-32-14-11-27(12-15-32)26(35)31-24(16-20-4-2-1-3-5-20)25(34)33(27)13-10-23-17-29-19-30-23/h1-9,17,19,24H,10-16,18H2,(H,29,30)(H,31,35). The number of H-pyrrole nitrogens is 1. The van der Waals surface area contributed by atoms with Crippen LogP contribution in [0.5, 0.6) is 0 Å². The summed E-state index contributed by atoms with van der Waals surface area (Å²) in [5.41, 5.74) is 2.36. The molecular formula is C27H30ClN5O2. The Morgan fingerprint density at radius 3 is 2.43 bits per heavy atom. The fourth-order valence-corrected chi connectivity index (χ4v) is 5.39. The van der Waals surface area contributed by atoms with Gasteiger partial charge in [-0.15, -0.1) is 0 Å². The maximum atomic E-state index is 13.8. The quantitative estimate of drug-likeness (QED) is 0.532. The van der Waals surface area contributed by atoms with Gasteiger partial charge in [0, 0.05) is 55.9 Å². The molecule has 2 fully saturated rings. The number of amides is 2. The zero-order chi connectivity index (χ0) is 24.3. The number of piperazine rings is 1. The molecule has 35 heavy (non-hydrogen) atoms. The van der Waals surface area contributed by atoms with Crippen LogP contribution in [0.25, 0.3) is 0 Å². The maximum absolute atomic E-state index is 13.8. The van der Waals surface area contributed by atoms with E-state index < -0.39 is 11.6 Å². The number of carbonyl (C=O) groups is 2. The van der Waals surface area contributed by atoms with Crippen LogP contribution in [0.1, 0.15) is 29.7 Å². The summed E-state index contributed by atoms with van der Waals surface area (Å²) in [4.78, 5) is 38.8. The summed E-state index contributed by atoms with van der Waals surface area (Å²) in [6.45, 7) is 2.77. The Labute approximate surface area is 210 Å². The van der Waals surface area contributed by atoms with E-state index in [1.807, 2.05) is 59.5 Å². The lowest BCUT2D eigenvalue weighted by atomic mass is 9.81. The van der Waals surface area contributed by atoms with E-state index in [0.29, 0.717) is 32.2 Å². The van der Waals surface area contributed by atoms with Crippen molar-refractivity contribution in [3.63, 3.8) is 0 Å². The molecule has 3 heterocycles. The van der Waals surface area contributed by atoms with Crippen molar-refractivity contribution in [3.05, 3.63) is 89.0 Å². The number of rotatable bonds is 7. The number of hydrogen-bond donors (Lipinski definition) is 2. The minimum atomic E-state index is -0.819. The van der Waals surface area contributed by atoms with Crippen molar-refractivity contribution in [3.8, 4) is 0 Å². The summed E-state index contributed by atoms with van der Waals surface area (Å²) in [7, 11) is 0. The van der Waals surface area contributed by atoms with E-state index in [2.05, 4.69) is 20.2 Å². The van der Waals surface area contributed by atoms with Gasteiger partial charge in [-0.25, -0.2) is 4.98 Å². The van der Waals surface area contributed by atoms with Crippen LogP contribution >= 0.6 is 11.6 Å². The molecular weight excluding hydrogens is 462 g/mol. The van der Waals surface area contributed by atoms with Crippen LogP contribution in [0, 0.1) is 0 Å². The first-order chi connectivity index (χ1) is 17.0. The number of nitrogens with one attached hydrogen (secondary N) is 2. The molecule has 2 aromatic carbocycles. The van der Waals surface area contributed by atoms with Crippen molar-refractivity contribution >= 4 is 23.4 Å². The molecule has 1 aromatic heterocycles. The van der Waals surface area contributed by atoms with Crippen LogP contribution in [-0.4, -0.2) is 62.8 Å². The van der Waals surface area contributed by atoms with Crippen molar-refractivity contribution in [2.75, 3.05) is 19.6 Å². The largest absolute Gasteiger partial charge is 0.348 e. The van der Waals surface area contributed by atoms with E-state index in [9.17, 15) is 9.59 Å². The zero-order valence-corrected chi connectivity index (χ0v) is 20.4. The van der Waals surface area contributed by atoms with Gasteiger partial charge in [-0.1, -0.05) is 54.1 Å². The third-order valence-corrected chi connectivity index (χ3v) is 7.51. The topological polar surface area (TPSA) is 81.3 Å². The van der Waals surface area contributed by atoms with Gasteiger partial charge in [0.1, 0.15) is 11.6 Å². The average Bonchev–Trinajstić information content (AvgIpc) is 3.39. The van der Waals surface area contributed by atoms with Gasteiger partial charge in [0.15, 0.2) is 0 Å². The zero-order valence-electron chi connectivity index (χ0n) is 19.6. The Bertz CT molecular complexity index is 1140. The van der Waals surface area contributed by atoms with Gasteiger partial charge in [0.05, 0.1) is 6.33 Å². The highest BCUT2D eigenvalue weighted by molar-refractivity contribution is 6.30. The second-order valence-corrected chi connectivity index (χ2v) is 9.90. The van der Waals surface area contributed by atoms with E-state index >= 15 is 0 Å². The second-order valence-electron chi connectivity index (χ2n) is 9.47. The van der Waals surface area contributed by atoms with Crippen LogP contribution in [0.3, 0.4) is 0 Å². The van der Waals surface area contributed by atoms with Gasteiger partial charge in [-0.2, -0.15) is 0 Å². The minimum Gasteiger partial charge on any atom is -0.348 e. The predicted molar refractivity (Wildman–Crippen MR) is 135 cm³/mol. The van der Waals surface area contributed by atoms with Gasteiger partial charge < -0.3 is 15.2 Å². The van der Waals surface area contributed by atoms with Crippen molar-refractivity contribution in [2.45, 2.75) is 43.8 Å². The highest BCUT2D eigenvalue weighted by Crippen LogP contribution is 2.34. The molecule has 3 aromatic rings. The Hall–Kier alpha value is -3.16. The summed E-state index contributed by atoms with van der Waals surface area (Å²) in [6, 6.07) is 17.2. The van der Waals surface area contributed by atoms with Gasteiger partial charge in [-0.3, -0.25) is 14.5 Å². The van der Waals surface area contributed by atoms with Crippen LogP contribution in [0.4, 0.5) is 0 Å². The van der Waals surface area contributed by atoms with Gasteiger partial charge in [0.25, 0.3) is 0 Å². The Morgan fingerprint density at radius 2 is 1.74 bits per heavy atom. The number of likely N-dealkylation sites (tertiary alicyclic amines) is 1. The molecule has 1 atom stereocenters.